The Labute approximate surface area is 139 Å². The molecule has 1 aromatic heterocycles. The van der Waals surface area contributed by atoms with Crippen LogP contribution in [0.2, 0.25) is 0 Å². The van der Waals surface area contributed by atoms with Crippen molar-refractivity contribution in [3.05, 3.63) is 20.8 Å². The molecule has 6 heteroatoms. The van der Waals surface area contributed by atoms with Gasteiger partial charge in [0.2, 0.25) is 0 Å². The maximum atomic E-state index is 4.20. The zero-order valence-electron chi connectivity index (χ0n) is 11.2. The Morgan fingerprint density at radius 2 is 2.06 bits per heavy atom. The molecule has 0 saturated heterocycles. The molecule has 18 heavy (non-hydrogen) atoms. The molecule has 0 aliphatic carbocycles. The molecule has 0 fully saturated rings. The van der Waals surface area contributed by atoms with Crippen LogP contribution in [0.1, 0.15) is 25.6 Å². The Hall–Kier alpha value is 0.180. The van der Waals surface area contributed by atoms with Crippen molar-refractivity contribution in [3.8, 4) is 0 Å². The van der Waals surface area contributed by atoms with Gasteiger partial charge in [-0.25, -0.2) is 0 Å². The lowest BCUT2D eigenvalue weighted by atomic mass is 10.1. The minimum atomic E-state index is 0. The van der Waals surface area contributed by atoms with Crippen LogP contribution in [-0.2, 0) is 6.42 Å². The van der Waals surface area contributed by atoms with Crippen molar-refractivity contribution in [2.45, 2.75) is 32.7 Å². The van der Waals surface area contributed by atoms with Crippen LogP contribution in [0, 0.1) is 0 Å². The van der Waals surface area contributed by atoms with Crippen molar-refractivity contribution in [1.29, 1.82) is 0 Å². The molecule has 0 aliphatic rings. The topological polar surface area (TPSA) is 36.4 Å². The number of hydrogen-bond donors (Lipinski definition) is 2. The lowest BCUT2D eigenvalue weighted by Crippen LogP contribution is -2.47. The summed E-state index contributed by atoms with van der Waals surface area (Å²) in [5.74, 6) is 0.855. The quantitative estimate of drug-likeness (QED) is 0.423. The first-order valence-corrected chi connectivity index (χ1v) is 7.25. The van der Waals surface area contributed by atoms with E-state index < -0.39 is 0 Å². The van der Waals surface area contributed by atoms with Gasteiger partial charge < -0.3 is 10.6 Å². The summed E-state index contributed by atoms with van der Waals surface area (Å²) in [6.45, 7) is 7.26. The first-order chi connectivity index (χ1) is 7.90. The molecule has 1 rings (SSSR count). The standard InChI is InChI=1S/C12H20BrN3S.HI/c1-12(2,3)16-11(14-4)15-8-7-9-5-6-10(13)17-9;/h5-6H,7-8H2,1-4H3,(H2,14,15,16);1H. The Morgan fingerprint density at radius 3 is 2.50 bits per heavy atom. The monoisotopic (exact) mass is 445 g/mol. The SMILES string of the molecule is CN=C(NCCc1ccc(Br)s1)NC(C)(C)C.I. The van der Waals surface area contributed by atoms with E-state index >= 15 is 0 Å². The van der Waals surface area contributed by atoms with Crippen LogP contribution < -0.4 is 10.6 Å². The number of thiophene rings is 1. The van der Waals surface area contributed by atoms with Crippen LogP contribution in [0.15, 0.2) is 20.9 Å². The molecule has 0 saturated carbocycles. The second-order valence-corrected chi connectivity index (χ2v) is 7.38. The Morgan fingerprint density at radius 1 is 1.39 bits per heavy atom. The first-order valence-electron chi connectivity index (χ1n) is 5.64. The molecule has 0 bridgehead atoms. The van der Waals surface area contributed by atoms with Gasteiger partial charge in [0.1, 0.15) is 0 Å². The fourth-order valence-corrected chi connectivity index (χ4v) is 2.81. The predicted molar refractivity (Wildman–Crippen MR) is 95.4 cm³/mol. The van der Waals surface area contributed by atoms with Crippen LogP contribution in [-0.4, -0.2) is 25.1 Å². The number of aliphatic imine (C=N–C) groups is 1. The Balaban J connectivity index is 0.00000289. The van der Waals surface area contributed by atoms with Gasteiger partial charge in [-0.05, 0) is 55.3 Å². The van der Waals surface area contributed by atoms with Crippen LogP contribution in [0.5, 0.6) is 0 Å². The fraction of sp³-hybridized carbons (Fsp3) is 0.583. The summed E-state index contributed by atoms with van der Waals surface area (Å²) in [6.07, 6.45) is 1.01. The van der Waals surface area contributed by atoms with E-state index in [1.165, 1.54) is 8.66 Å². The average Bonchev–Trinajstić information content (AvgIpc) is 2.61. The highest BCUT2D eigenvalue weighted by Crippen LogP contribution is 2.21. The summed E-state index contributed by atoms with van der Waals surface area (Å²) >= 11 is 5.24. The van der Waals surface area contributed by atoms with Crippen LogP contribution >= 0.6 is 51.2 Å². The van der Waals surface area contributed by atoms with Crippen LogP contribution in [0.25, 0.3) is 0 Å². The van der Waals surface area contributed by atoms with Crippen LogP contribution in [0.4, 0.5) is 0 Å². The van der Waals surface area contributed by atoms with Crippen molar-refractivity contribution < 1.29 is 0 Å². The number of nitrogens with one attached hydrogen (secondary N) is 2. The van der Waals surface area contributed by atoms with Gasteiger partial charge in [0.15, 0.2) is 5.96 Å². The minimum Gasteiger partial charge on any atom is -0.356 e. The molecule has 0 spiro atoms. The van der Waals surface area contributed by atoms with E-state index in [1.54, 1.807) is 18.4 Å². The molecule has 0 atom stereocenters. The smallest absolute Gasteiger partial charge is 0.191 e. The minimum absolute atomic E-state index is 0. The summed E-state index contributed by atoms with van der Waals surface area (Å²) < 4.78 is 1.18. The summed E-state index contributed by atoms with van der Waals surface area (Å²) in [5, 5.41) is 6.64. The molecule has 3 nitrogen and oxygen atoms in total. The van der Waals surface area contributed by atoms with Gasteiger partial charge >= 0.3 is 0 Å². The second kappa shape index (κ2) is 8.37. The fourth-order valence-electron chi connectivity index (χ4n) is 1.32. The maximum Gasteiger partial charge on any atom is 0.191 e. The zero-order chi connectivity index (χ0) is 12.9. The van der Waals surface area contributed by atoms with E-state index in [-0.39, 0.29) is 29.5 Å². The van der Waals surface area contributed by atoms with E-state index in [9.17, 15) is 0 Å². The summed E-state index contributed by atoms with van der Waals surface area (Å²) in [4.78, 5) is 5.57. The number of nitrogens with zero attached hydrogens (tertiary/aromatic N) is 1. The molecular formula is C12H21BrIN3S. The molecule has 104 valence electrons. The van der Waals surface area contributed by atoms with Gasteiger partial charge in [-0.2, -0.15) is 0 Å². The van der Waals surface area contributed by atoms with Crippen molar-refractivity contribution >= 4 is 57.2 Å². The third kappa shape index (κ3) is 7.58. The average molecular weight is 446 g/mol. The normalized spacial score (nSPS) is 11.9. The zero-order valence-corrected chi connectivity index (χ0v) is 15.9. The highest BCUT2D eigenvalue weighted by atomic mass is 127. The van der Waals surface area contributed by atoms with Crippen molar-refractivity contribution in [3.63, 3.8) is 0 Å². The van der Waals surface area contributed by atoms with Crippen molar-refractivity contribution in [2.24, 2.45) is 4.99 Å². The third-order valence-electron chi connectivity index (χ3n) is 2.01. The van der Waals surface area contributed by atoms with Gasteiger partial charge in [-0.15, -0.1) is 35.3 Å². The summed E-state index contributed by atoms with van der Waals surface area (Å²) in [7, 11) is 1.79. The molecule has 0 aliphatic heterocycles. The summed E-state index contributed by atoms with van der Waals surface area (Å²) in [5.41, 5.74) is 0.0355. The highest BCUT2D eigenvalue weighted by molar-refractivity contribution is 14.0. The summed E-state index contributed by atoms with van der Waals surface area (Å²) in [6, 6.07) is 4.23. The van der Waals surface area contributed by atoms with E-state index in [4.69, 9.17) is 0 Å². The van der Waals surface area contributed by atoms with Crippen molar-refractivity contribution in [2.75, 3.05) is 13.6 Å². The molecular weight excluding hydrogens is 425 g/mol. The van der Waals surface area contributed by atoms with E-state index in [0.29, 0.717) is 0 Å². The van der Waals surface area contributed by atoms with Gasteiger partial charge in [-0.3, -0.25) is 4.99 Å². The highest BCUT2D eigenvalue weighted by Gasteiger charge is 2.11. The maximum absolute atomic E-state index is 4.20. The second-order valence-electron chi connectivity index (χ2n) is 4.83. The van der Waals surface area contributed by atoms with Gasteiger partial charge in [0, 0.05) is 24.0 Å². The molecule has 0 amide bonds. The molecule has 1 heterocycles. The largest absolute Gasteiger partial charge is 0.356 e. The molecule has 1 aromatic rings. The number of guanidine groups is 1. The Kier molecular flexibility index (Phi) is 8.45. The van der Waals surface area contributed by atoms with Gasteiger partial charge in [0.25, 0.3) is 0 Å². The lowest BCUT2D eigenvalue weighted by molar-refractivity contribution is 0.502. The molecule has 2 N–H and O–H groups in total. The molecule has 0 aromatic carbocycles. The molecule has 0 unspecified atom stereocenters. The van der Waals surface area contributed by atoms with Crippen LogP contribution in [0.3, 0.4) is 0 Å². The lowest BCUT2D eigenvalue weighted by Gasteiger charge is -2.23. The Bertz CT molecular complexity index is 385. The third-order valence-corrected chi connectivity index (χ3v) is 3.69. The van der Waals surface area contributed by atoms with E-state index in [0.717, 1.165) is 18.9 Å². The van der Waals surface area contributed by atoms with Gasteiger partial charge in [-0.1, -0.05) is 0 Å². The number of hydrogen-bond acceptors (Lipinski definition) is 2. The van der Waals surface area contributed by atoms with E-state index in [1.807, 2.05) is 0 Å². The molecule has 0 radical (unpaired) electrons. The van der Waals surface area contributed by atoms with E-state index in [2.05, 4.69) is 64.5 Å². The first kappa shape index (κ1) is 18.2. The number of halogens is 2. The number of rotatable bonds is 3. The van der Waals surface area contributed by atoms with Gasteiger partial charge in [0.05, 0.1) is 3.79 Å². The predicted octanol–water partition coefficient (Wildman–Crippen LogP) is 3.63. The van der Waals surface area contributed by atoms with Crippen molar-refractivity contribution in [1.82, 2.24) is 10.6 Å².